The number of aliphatic hydroxyl groups is 1. The van der Waals surface area contributed by atoms with Gasteiger partial charge in [-0.3, -0.25) is 4.90 Å². The maximum Gasteiger partial charge on any atom is 0.124 e. The van der Waals surface area contributed by atoms with Crippen molar-refractivity contribution in [1.82, 2.24) is 10.2 Å². The summed E-state index contributed by atoms with van der Waals surface area (Å²) in [5.74, 6) is -0.238. The Morgan fingerprint density at radius 3 is 2.67 bits per heavy atom. The minimum Gasteiger partial charge on any atom is -0.396 e. The first-order valence-corrected chi connectivity index (χ1v) is 7.01. The molecule has 100 valence electrons. The van der Waals surface area contributed by atoms with E-state index in [1.807, 2.05) is 6.07 Å². The fourth-order valence-electron chi connectivity index (χ4n) is 2.44. The third kappa shape index (κ3) is 3.51. The van der Waals surface area contributed by atoms with Gasteiger partial charge in [0.1, 0.15) is 5.82 Å². The van der Waals surface area contributed by atoms with E-state index < -0.39 is 0 Å². The number of halogens is 2. The van der Waals surface area contributed by atoms with Gasteiger partial charge in [0.2, 0.25) is 0 Å². The molecular formula is C13H18BrFN2O. The Labute approximate surface area is 115 Å². The van der Waals surface area contributed by atoms with E-state index in [1.54, 1.807) is 6.07 Å². The van der Waals surface area contributed by atoms with Gasteiger partial charge in [-0.1, -0.05) is 15.9 Å². The smallest absolute Gasteiger partial charge is 0.124 e. The molecule has 1 aromatic carbocycles. The standard InChI is InChI=1S/C13H18BrFN2O/c14-11-7-10(8-12(15)9-11)13(1-6-18)17-4-2-16-3-5-17/h7-9,13,16,18H,1-6H2/t13-/m0/s1. The average molecular weight is 317 g/mol. The van der Waals surface area contributed by atoms with Crippen LogP contribution < -0.4 is 5.32 Å². The Kier molecular flexibility index (Phi) is 5.12. The van der Waals surface area contributed by atoms with Crippen LogP contribution in [0.3, 0.4) is 0 Å². The molecular weight excluding hydrogens is 299 g/mol. The van der Waals surface area contributed by atoms with Crippen LogP contribution in [0.4, 0.5) is 4.39 Å². The first-order chi connectivity index (χ1) is 8.70. The van der Waals surface area contributed by atoms with Crippen LogP contribution in [0.5, 0.6) is 0 Å². The number of nitrogens with zero attached hydrogens (tertiary/aromatic N) is 1. The number of benzene rings is 1. The van der Waals surface area contributed by atoms with Crippen molar-refractivity contribution in [3.8, 4) is 0 Å². The fourth-order valence-corrected chi connectivity index (χ4v) is 2.93. The summed E-state index contributed by atoms with van der Waals surface area (Å²) in [5.41, 5.74) is 0.929. The maximum absolute atomic E-state index is 13.5. The molecule has 1 heterocycles. The lowest BCUT2D eigenvalue weighted by atomic mass is 10.0. The highest BCUT2D eigenvalue weighted by Crippen LogP contribution is 2.27. The van der Waals surface area contributed by atoms with E-state index in [0.717, 1.165) is 36.2 Å². The molecule has 18 heavy (non-hydrogen) atoms. The summed E-state index contributed by atoms with van der Waals surface area (Å²) in [7, 11) is 0. The molecule has 0 amide bonds. The summed E-state index contributed by atoms with van der Waals surface area (Å²) in [6, 6.07) is 5.04. The van der Waals surface area contributed by atoms with Crippen molar-refractivity contribution in [2.45, 2.75) is 12.5 Å². The predicted octanol–water partition coefficient (Wildman–Crippen LogP) is 1.92. The van der Waals surface area contributed by atoms with E-state index in [-0.39, 0.29) is 18.5 Å². The number of hydrogen-bond donors (Lipinski definition) is 2. The topological polar surface area (TPSA) is 35.5 Å². The second-order valence-electron chi connectivity index (χ2n) is 4.52. The Morgan fingerprint density at radius 2 is 2.06 bits per heavy atom. The molecule has 1 atom stereocenters. The van der Waals surface area contributed by atoms with Crippen LogP contribution in [0.1, 0.15) is 18.0 Å². The van der Waals surface area contributed by atoms with Crippen molar-refractivity contribution < 1.29 is 9.50 Å². The lowest BCUT2D eigenvalue weighted by Crippen LogP contribution is -2.45. The third-order valence-corrected chi connectivity index (χ3v) is 3.72. The molecule has 0 bridgehead atoms. The quantitative estimate of drug-likeness (QED) is 0.891. The van der Waals surface area contributed by atoms with Gasteiger partial charge in [-0.25, -0.2) is 4.39 Å². The predicted molar refractivity (Wildman–Crippen MR) is 73.0 cm³/mol. The Bertz CT molecular complexity index is 376. The summed E-state index contributed by atoms with van der Waals surface area (Å²) < 4.78 is 14.2. The molecule has 1 aromatic rings. The van der Waals surface area contributed by atoms with E-state index in [1.165, 1.54) is 6.07 Å². The molecule has 0 aliphatic carbocycles. The van der Waals surface area contributed by atoms with Gasteiger partial charge in [-0.2, -0.15) is 0 Å². The van der Waals surface area contributed by atoms with Crippen molar-refractivity contribution in [1.29, 1.82) is 0 Å². The third-order valence-electron chi connectivity index (χ3n) is 3.26. The van der Waals surface area contributed by atoms with Gasteiger partial charge in [0.25, 0.3) is 0 Å². The number of aliphatic hydroxyl groups excluding tert-OH is 1. The SMILES string of the molecule is OCC[C@@H](c1cc(F)cc(Br)c1)N1CCNCC1. The molecule has 1 saturated heterocycles. The van der Waals surface area contributed by atoms with Gasteiger partial charge in [0.15, 0.2) is 0 Å². The summed E-state index contributed by atoms with van der Waals surface area (Å²) in [4.78, 5) is 2.30. The largest absolute Gasteiger partial charge is 0.396 e. The molecule has 3 nitrogen and oxygen atoms in total. The minimum atomic E-state index is -0.238. The monoisotopic (exact) mass is 316 g/mol. The Hall–Kier alpha value is -0.490. The van der Waals surface area contributed by atoms with Crippen LogP contribution in [-0.2, 0) is 0 Å². The minimum absolute atomic E-state index is 0.0871. The molecule has 0 saturated carbocycles. The van der Waals surface area contributed by atoms with Gasteiger partial charge in [0.05, 0.1) is 0 Å². The van der Waals surface area contributed by atoms with Crippen LogP contribution in [0.15, 0.2) is 22.7 Å². The molecule has 0 spiro atoms. The molecule has 1 aliphatic heterocycles. The Balaban J connectivity index is 2.22. The van der Waals surface area contributed by atoms with Crippen LogP contribution in [0, 0.1) is 5.82 Å². The zero-order valence-electron chi connectivity index (χ0n) is 10.2. The van der Waals surface area contributed by atoms with Crippen LogP contribution in [-0.4, -0.2) is 42.8 Å². The average Bonchev–Trinajstić information content (AvgIpc) is 2.36. The van der Waals surface area contributed by atoms with Gasteiger partial charge in [-0.15, -0.1) is 0 Å². The van der Waals surface area contributed by atoms with Crippen molar-refractivity contribution >= 4 is 15.9 Å². The van der Waals surface area contributed by atoms with E-state index in [9.17, 15) is 9.50 Å². The van der Waals surface area contributed by atoms with Crippen LogP contribution in [0.2, 0.25) is 0 Å². The van der Waals surface area contributed by atoms with E-state index in [4.69, 9.17) is 0 Å². The van der Waals surface area contributed by atoms with Gasteiger partial charge in [0, 0.05) is 43.3 Å². The number of nitrogens with one attached hydrogen (secondary N) is 1. The first kappa shape index (κ1) is 13.9. The molecule has 1 aliphatic rings. The zero-order valence-corrected chi connectivity index (χ0v) is 11.8. The second kappa shape index (κ2) is 6.61. The summed E-state index contributed by atoms with van der Waals surface area (Å²) >= 11 is 3.32. The fraction of sp³-hybridized carbons (Fsp3) is 0.538. The highest BCUT2D eigenvalue weighted by molar-refractivity contribution is 9.10. The van der Waals surface area contributed by atoms with Gasteiger partial charge < -0.3 is 10.4 Å². The van der Waals surface area contributed by atoms with E-state index in [0.29, 0.717) is 6.42 Å². The maximum atomic E-state index is 13.5. The number of piperazine rings is 1. The van der Waals surface area contributed by atoms with E-state index >= 15 is 0 Å². The molecule has 0 unspecified atom stereocenters. The van der Waals surface area contributed by atoms with Crippen molar-refractivity contribution in [2.75, 3.05) is 32.8 Å². The number of rotatable bonds is 4. The van der Waals surface area contributed by atoms with E-state index in [2.05, 4.69) is 26.1 Å². The van der Waals surface area contributed by atoms with Gasteiger partial charge >= 0.3 is 0 Å². The molecule has 1 fully saturated rings. The summed E-state index contributed by atoms with van der Waals surface area (Å²) in [6.45, 7) is 3.86. The molecule has 0 aromatic heterocycles. The zero-order chi connectivity index (χ0) is 13.0. The second-order valence-corrected chi connectivity index (χ2v) is 5.43. The molecule has 5 heteroatoms. The first-order valence-electron chi connectivity index (χ1n) is 6.22. The van der Waals surface area contributed by atoms with Crippen LogP contribution in [0.25, 0.3) is 0 Å². The number of hydrogen-bond acceptors (Lipinski definition) is 3. The normalized spacial score (nSPS) is 18.8. The van der Waals surface area contributed by atoms with Crippen molar-refractivity contribution in [2.24, 2.45) is 0 Å². The highest BCUT2D eigenvalue weighted by atomic mass is 79.9. The van der Waals surface area contributed by atoms with Crippen LogP contribution >= 0.6 is 15.9 Å². The molecule has 0 radical (unpaired) electrons. The molecule has 2 N–H and O–H groups in total. The lowest BCUT2D eigenvalue weighted by molar-refractivity contribution is 0.141. The highest BCUT2D eigenvalue weighted by Gasteiger charge is 2.22. The summed E-state index contributed by atoms with van der Waals surface area (Å²) in [5, 5.41) is 12.5. The van der Waals surface area contributed by atoms with Crippen molar-refractivity contribution in [3.63, 3.8) is 0 Å². The lowest BCUT2D eigenvalue weighted by Gasteiger charge is -2.35. The Morgan fingerprint density at radius 1 is 1.33 bits per heavy atom. The van der Waals surface area contributed by atoms with Crippen molar-refractivity contribution in [3.05, 3.63) is 34.1 Å². The van der Waals surface area contributed by atoms with Gasteiger partial charge in [-0.05, 0) is 30.2 Å². The molecule has 2 rings (SSSR count). The summed E-state index contributed by atoms with van der Waals surface area (Å²) in [6.07, 6.45) is 0.635.